The SMILES string of the molecule is CC(=CCl)CSc1nnnn1CCNC(C)C. The van der Waals surface area contributed by atoms with Gasteiger partial charge in [-0.1, -0.05) is 42.8 Å². The molecule has 0 spiro atoms. The first-order valence-corrected chi connectivity index (χ1v) is 6.94. The van der Waals surface area contributed by atoms with E-state index in [1.807, 2.05) is 11.6 Å². The molecule has 0 aliphatic heterocycles. The summed E-state index contributed by atoms with van der Waals surface area (Å²) in [6, 6.07) is 0.476. The van der Waals surface area contributed by atoms with E-state index in [0.717, 1.165) is 29.6 Å². The molecule has 0 aliphatic rings. The van der Waals surface area contributed by atoms with Crippen molar-refractivity contribution in [3.8, 4) is 0 Å². The lowest BCUT2D eigenvalue weighted by Crippen LogP contribution is -2.27. The fraction of sp³-hybridized carbons (Fsp3) is 0.700. The Kier molecular flexibility index (Phi) is 6.54. The molecule has 0 saturated carbocycles. The van der Waals surface area contributed by atoms with Crippen molar-refractivity contribution in [2.75, 3.05) is 12.3 Å². The molecule has 0 unspecified atom stereocenters. The van der Waals surface area contributed by atoms with E-state index in [2.05, 4.69) is 34.7 Å². The molecular weight excluding hydrogens is 258 g/mol. The zero-order chi connectivity index (χ0) is 12.7. The van der Waals surface area contributed by atoms with Crippen molar-refractivity contribution < 1.29 is 0 Å². The van der Waals surface area contributed by atoms with Gasteiger partial charge in [0.25, 0.3) is 0 Å². The average Bonchev–Trinajstić information content (AvgIpc) is 2.73. The molecule has 0 fully saturated rings. The lowest BCUT2D eigenvalue weighted by atomic mass is 10.4. The van der Waals surface area contributed by atoms with Crippen molar-refractivity contribution in [3.05, 3.63) is 11.1 Å². The Bertz CT molecular complexity index is 363. The van der Waals surface area contributed by atoms with Crippen LogP contribution in [0.2, 0.25) is 0 Å². The highest BCUT2D eigenvalue weighted by molar-refractivity contribution is 7.99. The Morgan fingerprint density at radius 3 is 3.00 bits per heavy atom. The summed E-state index contributed by atoms with van der Waals surface area (Å²) in [6.45, 7) is 7.85. The fourth-order valence-electron chi connectivity index (χ4n) is 1.11. The molecule has 7 heteroatoms. The van der Waals surface area contributed by atoms with Gasteiger partial charge in [-0.15, -0.1) is 5.10 Å². The van der Waals surface area contributed by atoms with Crippen molar-refractivity contribution in [2.24, 2.45) is 0 Å². The number of rotatable bonds is 7. The van der Waals surface area contributed by atoms with Crippen LogP contribution in [-0.2, 0) is 6.54 Å². The van der Waals surface area contributed by atoms with Crippen molar-refractivity contribution in [3.63, 3.8) is 0 Å². The standard InChI is InChI=1S/C10H18ClN5S/c1-8(2)12-4-5-16-10(13-14-15-16)17-7-9(3)6-11/h6,8,12H,4-5,7H2,1-3H3. The molecule has 1 rings (SSSR count). The monoisotopic (exact) mass is 275 g/mol. The first-order valence-electron chi connectivity index (χ1n) is 5.51. The summed E-state index contributed by atoms with van der Waals surface area (Å²) < 4.78 is 1.81. The Hall–Kier alpha value is -0.590. The molecule has 1 heterocycles. The second kappa shape index (κ2) is 7.68. The summed E-state index contributed by atoms with van der Waals surface area (Å²) >= 11 is 7.20. The van der Waals surface area contributed by atoms with Gasteiger partial charge >= 0.3 is 0 Å². The van der Waals surface area contributed by atoms with E-state index in [1.165, 1.54) is 0 Å². The van der Waals surface area contributed by atoms with Gasteiger partial charge < -0.3 is 5.32 Å². The summed E-state index contributed by atoms with van der Waals surface area (Å²) in [5.41, 5.74) is 2.69. The third kappa shape index (κ3) is 5.52. The highest BCUT2D eigenvalue weighted by atomic mass is 35.5. The van der Waals surface area contributed by atoms with E-state index in [4.69, 9.17) is 11.6 Å². The second-order valence-corrected chi connectivity index (χ2v) is 5.20. The zero-order valence-electron chi connectivity index (χ0n) is 10.4. The average molecular weight is 276 g/mol. The summed E-state index contributed by atoms with van der Waals surface area (Å²) in [5, 5.41) is 15.8. The predicted octanol–water partition coefficient (Wildman–Crippen LogP) is 1.91. The van der Waals surface area contributed by atoms with Crippen LogP contribution in [0, 0.1) is 0 Å². The maximum atomic E-state index is 5.61. The lowest BCUT2D eigenvalue weighted by Gasteiger charge is -2.08. The van der Waals surface area contributed by atoms with Gasteiger partial charge in [0, 0.05) is 23.9 Å². The number of aromatic nitrogens is 4. The highest BCUT2D eigenvalue weighted by Gasteiger charge is 2.06. The third-order valence-corrected chi connectivity index (χ3v) is 3.51. The van der Waals surface area contributed by atoms with Gasteiger partial charge in [-0.05, 0) is 17.4 Å². The van der Waals surface area contributed by atoms with Crippen LogP contribution in [0.3, 0.4) is 0 Å². The molecule has 0 atom stereocenters. The van der Waals surface area contributed by atoms with Gasteiger partial charge in [-0.25, -0.2) is 4.68 Å². The minimum atomic E-state index is 0.476. The second-order valence-electron chi connectivity index (χ2n) is 4.04. The lowest BCUT2D eigenvalue weighted by molar-refractivity contribution is 0.485. The largest absolute Gasteiger partial charge is 0.313 e. The summed E-state index contributed by atoms with van der Waals surface area (Å²) in [5.74, 6) is 0.807. The normalized spacial score (nSPS) is 12.4. The predicted molar refractivity (Wildman–Crippen MR) is 71.3 cm³/mol. The number of hydrogen-bond donors (Lipinski definition) is 1. The summed E-state index contributed by atoms with van der Waals surface area (Å²) in [7, 11) is 0. The number of nitrogens with one attached hydrogen (secondary N) is 1. The van der Waals surface area contributed by atoms with Crippen LogP contribution in [0.25, 0.3) is 0 Å². The van der Waals surface area contributed by atoms with Crippen LogP contribution in [-0.4, -0.2) is 38.5 Å². The maximum absolute atomic E-state index is 5.61. The van der Waals surface area contributed by atoms with Gasteiger partial charge in [0.05, 0.1) is 6.54 Å². The number of nitrogens with zero attached hydrogens (tertiary/aromatic N) is 4. The van der Waals surface area contributed by atoms with E-state index in [1.54, 1.807) is 17.3 Å². The minimum Gasteiger partial charge on any atom is -0.313 e. The maximum Gasteiger partial charge on any atom is 0.209 e. The van der Waals surface area contributed by atoms with Crippen molar-refractivity contribution >= 4 is 23.4 Å². The molecular formula is C10H18ClN5S. The molecule has 0 amide bonds. The summed E-state index contributed by atoms with van der Waals surface area (Å²) in [4.78, 5) is 0. The third-order valence-electron chi connectivity index (χ3n) is 1.99. The molecule has 96 valence electrons. The van der Waals surface area contributed by atoms with Gasteiger partial charge in [0.2, 0.25) is 5.16 Å². The minimum absolute atomic E-state index is 0.476. The highest BCUT2D eigenvalue weighted by Crippen LogP contribution is 2.16. The van der Waals surface area contributed by atoms with E-state index in [9.17, 15) is 0 Å². The zero-order valence-corrected chi connectivity index (χ0v) is 11.9. The Morgan fingerprint density at radius 1 is 1.59 bits per heavy atom. The van der Waals surface area contributed by atoms with Crippen LogP contribution in [0.5, 0.6) is 0 Å². The molecule has 0 saturated heterocycles. The van der Waals surface area contributed by atoms with Crippen LogP contribution in [0.1, 0.15) is 20.8 Å². The van der Waals surface area contributed by atoms with Gasteiger partial charge in [0.15, 0.2) is 0 Å². The fourth-order valence-corrected chi connectivity index (χ4v) is 2.09. The number of hydrogen-bond acceptors (Lipinski definition) is 5. The molecule has 0 aromatic carbocycles. The van der Waals surface area contributed by atoms with Crippen LogP contribution in [0.4, 0.5) is 0 Å². The van der Waals surface area contributed by atoms with Crippen LogP contribution in [0.15, 0.2) is 16.3 Å². The Morgan fingerprint density at radius 2 is 2.35 bits per heavy atom. The summed E-state index contributed by atoms with van der Waals surface area (Å²) in [6.07, 6.45) is 0. The molecule has 0 radical (unpaired) electrons. The van der Waals surface area contributed by atoms with Crippen LogP contribution >= 0.6 is 23.4 Å². The van der Waals surface area contributed by atoms with E-state index in [-0.39, 0.29) is 0 Å². The molecule has 1 aromatic heterocycles. The van der Waals surface area contributed by atoms with Gasteiger partial charge in [-0.3, -0.25) is 0 Å². The first-order chi connectivity index (χ1) is 8.13. The van der Waals surface area contributed by atoms with Gasteiger partial charge in [0.1, 0.15) is 0 Å². The van der Waals surface area contributed by atoms with Crippen LogP contribution < -0.4 is 5.32 Å². The number of halogens is 1. The molecule has 5 nitrogen and oxygen atoms in total. The van der Waals surface area contributed by atoms with E-state index >= 15 is 0 Å². The smallest absolute Gasteiger partial charge is 0.209 e. The first kappa shape index (κ1) is 14.5. The molecule has 0 aliphatic carbocycles. The Balaban J connectivity index is 2.42. The molecule has 1 aromatic rings. The van der Waals surface area contributed by atoms with Crippen molar-refractivity contribution in [1.82, 2.24) is 25.5 Å². The molecule has 1 N–H and O–H groups in total. The molecule has 0 bridgehead atoms. The number of thioether (sulfide) groups is 1. The molecule has 17 heavy (non-hydrogen) atoms. The quantitative estimate of drug-likeness (QED) is 0.771. The Labute approximate surface area is 111 Å². The van der Waals surface area contributed by atoms with E-state index < -0.39 is 0 Å². The number of tetrazole rings is 1. The van der Waals surface area contributed by atoms with Gasteiger partial charge in [-0.2, -0.15) is 0 Å². The topological polar surface area (TPSA) is 55.6 Å². The van der Waals surface area contributed by atoms with Crippen molar-refractivity contribution in [2.45, 2.75) is 38.5 Å². The van der Waals surface area contributed by atoms with E-state index in [0.29, 0.717) is 6.04 Å². The van der Waals surface area contributed by atoms with Crippen molar-refractivity contribution in [1.29, 1.82) is 0 Å².